The first-order valence-electron chi connectivity index (χ1n) is 8.50. The number of hydrogen-bond donors (Lipinski definition) is 1. The van der Waals surface area contributed by atoms with Crippen LogP contribution in [0.4, 0.5) is 11.4 Å². The van der Waals surface area contributed by atoms with Crippen LogP contribution in [0, 0.1) is 0 Å². The fourth-order valence-electron chi connectivity index (χ4n) is 3.33. The lowest BCUT2D eigenvalue weighted by molar-refractivity contribution is 0.724. The molecule has 0 atom stereocenters. The molecule has 0 aliphatic heterocycles. The van der Waals surface area contributed by atoms with Crippen LogP contribution in [-0.4, -0.2) is 4.57 Å². The van der Waals surface area contributed by atoms with Gasteiger partial charge in [-0.05, 0) is 55.0 Å². The van der Waals surface area contributed by atoms with Gasteiger partial charge in [-0.3, -0.25) is 0 Å². The van der Waals surface area contributed by atoms with E-state index in [-0.39, 0.29) is 0 Å². The van der Waals surface area contributed by atoms with Crippen LogP contribution in [0.15, 0.2) is 54.6 Å². The highest BCUT2D eigenvalue weighted by Gasteiger charge is 2.13. The van der Waals surface area contributed by atoms with Gasteiger partial charge in [0.1, 0.15) is 0 Å². The summed E-state index contributed by atoms with van der Waals surface area (Å²) >= 11 is 18.5. The average Bonchev–Trinajstić information content (AvgIpc) is 2.91. The summed E-state index contributed by atoms with van der Waals surface area (Å²) in [4.78, 5) is 0. The number of nitrogens with zero attached hydrogens (tertiary/aromatic N) is 1. The number of benzene rings is 3. The molecule has 4 aromatic rings. The van der Waals surface area contributed by atoms with E-state index >= 15 is 0 Å². The molecular weight excluding hydrogens is 387 g/mol. The molecule has 1 aromatic heterocycles. The van der Waals surface area contributed by atoms with Crippen molar-refractivity contribution in [2.24, 2.45) is 0 Å². The van der Waals surface area contributed by atoms with E-state index in [0.717, 1.165) is 40.3 Å². The molecule has 0 amide bonds. The molecule has 2 nitrogen and oxygen atoms in total. The van der Waals surface area contributed by atoms with Gasteiger partial charge in [0.25, 0.3) is 0 Å². The number of aromatic nitrogens is 1. The highest BCUT2D eigenvalue weighted by atomic mass is 35.5. The van der Waals surface area contributed by atoms with Crippen LogP contribution >= 0.6 is 34.8 Å². The van der Waals surface area contributed by atoms with Crippen molar-refractivity contribution < 1.29 is 0 Å². The normalized spacial score (nSPS) is 11.4. The van der Waals surface area contributed by atoms with Gasteiger partial charge in [-0.25, -0.2) is 0 Å². The molecule has 0 aliphatic carbocycles. The van der Waals surface area contributed by atoms with Crippen molar-refractivity contribution in [1.29, 1.82) is 0 Å². The molecule has 1 N–H and O–H groups in total. The molecule has 0 spiro atoms. The van der Waals surface area contributed by atoms with Crippen LogP contribution in [0.1, 0.15) is 13.3 Å². The summed E-state index contributed by atoms with van der Waals surface area (Å²) in [6.07, 6.45) is 1.04. The van der Waals surface area contributed by atoms with Crippen molar-refractivity contribution in [3.63, 3.8) is 0 Å². The van der Waals surface area contributed by atoms with Crippen molar-refractivity contribution in [3.8, 4) is 0 Å². The van der Waals surface area contributed by atoms with Crippen LogP contribution in [0.25, 0.3) is 21.8 Å². The van der Waals surface area contributed by atoms with Crippen molar-refractivity contribution in [3.05, 3.63) is 69.7 Å². The summed E-state index contributed by atoms with van der Waals surface area (Å²) in [6.45, 7) is 3.09. The summed E-state index contributed by atoms with van der Waals surface area (Å²) in [7, 11) is 0. The fourth-order valence-corrected chi connectivity index (χ4v) is 3.78. The van der Waals surface area contributed by atoms with Crippen LogP contribution in [0.2, 0.25) is 15.1 Å². The van der Waals surface area contributed by atoms with Gasteiger partial charge in [-0.1, -0.05) is 47.8 Å². The molecule has 26 heavy (non-hydrogen) atoms. The number of fused-ring (bicyclic) bond motifs is 3. The number of rotatable bonds is 4. The second-order valence-corrected chi connectivity index (χ2v) is 7.55. The van der Waals surface area contributed by atoms with Gasteiger partial charge in [0.2, 0.25) is 0 Å². The minimum atomic E-state index is 0.582. The number of aryl methyl sites for hydroxylation is 1. The molecule has 0 fully saturated rings. The predicted octanol–water partition coefficient (Wildman–Crippen LogP) is 7.91. The maximum absolute atomic E-state index is 6.27. The highest BCUT2D eigenvalue weighted by molar-refractivity contribution is 6.43. The van der Waals surface area contributed by atoms with E-state index in [4.69, 9.17) is 34.8 Å². The van der Waals surface area contributed by atoms with Crippen LogP contribution < -0.4 is 5.32 Å². The van der Waals surface area contributed by atoms with Gasteiger partial charge >= 0.3 is 0 Å². The van der Waals surface area contributed by atoms with Gasteiger partial charge in [0.05, 0.1) is 21.1 Å². The Kier molecular flexibility index (Phi) is 4.74. The van der Waals surface area contributed by atoms with Crippen molar-refractivity contribution in [2.75, 3.05) is 5.32 Å². The van der Waals surface area contributed by atoms with Gasteiger partial charge in [-0.2, -0.15) is 0 Å². The quantitative estimate of drug-likeness (QED) is 0.366. The monoisotopic (exact) mass is 402 g/mol. The largest absolute Gasteiger partial charge is 0.355 e. The first kappa shape index (κ1) is 17.5. The van der Waals surface area contributed by atoms with Crippen molar-refractivity contribution in [2.45, 2.75) is 19.9 Å². The molecule has 4 rings (SSSR count). The molecule has 0 bridgehead atoms. The van der Waals surface area contributed by atoms with E-state index in [1.807, 2.05) is 36.4 Å². The van der Waals surface area contributed by atoms with E-state index in [2.05, 4.69) is 35.0 Å². The Morgan fingerprint density at radius 1 is 0.769 bits per heavy atom. The zero-order valence-corrected chi connectivity index (χ0v) is 16.5. The van der Waals surface area contributed by atoms with E-state index in [0.29, 0.717) is 10.0 Å². The Morgan fingerprint density at radius 3 is 2.15 bits per heavy atom. The molecular formula is C21H17Cl3N2. The van der Waals surface area contributed by atoms with Gasteiger partial charge < -0.3 is 9.88 Å². The Balaban J connectivity index is 1.87. The van der Waals surface area contributed by atoms with Gasteiger partial charge in [-0.15, -0.1) is 0 Å². The van der Waals surface area contributed by atoms with Crippen molar-refractivity contribution >= 4 is 68.0 Å². The third kappa shape index (κ3) is 3.14. The Labute approximate surface area is 167 Å². The van der Waals surface area contributed by atoms with Crippen LogP contribution in [0.3, 0.4) is 0 Å². The molecule has 5 heteroatoms. The second kappa shape index (κ2) is 7.03. The Morgan fingerprint density at radius 2 is 1.42 bits per heavy atom. The van der Waals surface area contributed by atoms with E-state index in [9.17, 15) is 0 Å². The lowest BCUT2D eigenvalue weighted by Crippen LogP contribution is -1.97. The fraction of sp³-hybridized carbons (Fsp3) is 0.143. The zero-order chi connectivity index (χ0) is 18.3. The standard InChI is InChI=1S/C21H17Cl3N2/c1-2-9-26-20-10-15(25-14-5-3-13(22)4-6-14)7-8-16(20)17-11-18(23)19(24)12-21(17)26/h3-8,10-12,25H,2,9H2,1H3. The van der Waals surface area contributed by atoms with E-state index in [1.165, 1.54) is 10.9 Å². The number of nitrogens with one attached hydrogen (secondary N) is 1. The molecule has 0 radical (unpaired) electrons. The Hall–Kier alpha value is -1.87. The van der Waals surface area contributed by atoms with Gasteiger partial charge in [0.15, 0.2) is 0 Å². The molecule has 132 valence electrons. The van der Waals surface area contributed by atoms with Crippen LogP contribution in [0.5, 0.6) is 0 Å². The first-order chi connectivity index (χ1) is 12.6. The maximum Gasteiger partial charge on any atom is 0.0613 e. The maximum atomic E-state index is 6.27. The van der Waals surface area contributed by atoms with E-state index in [1.54, 1.807) is 0 Å². The number of hydrogen-bond acceptors (Lipinski definition) is 1. The molecule has 1 heterocycles. The second-order valence-electron chi connectivity index (χ2n) is 6.30. The third-order valence-corrected chi connectivity index (χ3v) is 5.46. The average molecular weight is 404 g/mol. The zero-order valence-electron chi connectivity index (χ0n) is 14.2. The topological polar surface area (TPSA) is 17.0 Å². The highest BCUT2D eigenvalue weighted by Crippen LogP contribution is 2.36. The molecule has 3 aromatic carbocycles. The first-order valence-corrected chi connectivity index (χ1v) is 9.64. The summed E-state index contributed by atoms with van der Waals surface area (Å²) in [6, 6.07) is 18.0. The smallest absolute Gasteiger partial charge is 0.0613 e. The molecule has 0 saturated carbocycles. The van der Waals surface area contributed by atoms with E-state index < -0.39 is 0 Å². The lowest BCUT2D eigenvalue weighted by atomic mass is 10.1. The van der Waals surface area contributed by atoms with Crippen molar-refractivity contribution in [1.82, 2.24) is 4.57 Å². The summed E-state index contributed by atoms with van der Waals surface area (Å²) < 4.78 is 2.31. The molecule has 0 saturated heterocycles. The summed E-state index contributed by atoms with van der Waals surface area (Å²) in [5, 5.41) is 7.62. The van der Waals surface area contributed by atoms with Gasteiger partial charge in [0, 0.05) is 33.7 Å². The summed E-state index contributed by atoms with van der Waals surface area (Å²) in [5.41, 5.74) is 4.30. The SMILES string of the molecule is CCCn1c2cc(Nc3ccc(Cl)cc3)ccc2c2cc(Cl)c(Cl)cc21. The minimum Gasteiger partial charge on any atom is -0.355 e. The lowest BCUT2D eigenvalue weighted by Gasteiger charge is -2.09. The molecule has 0 aliphatic rings. The predicted molar refractivity (Wildman–Crippen MR) is 114 cm³/mol. The molecule has 0 unspecified atom stereocenters. The Bertz CT molecular complexity index is 1100. The summed E-state index contributed by atoms with van der Waals surface area (Å²) in [5.74, 6) is 0. The number of anilines is 2. The third-order valence-electron chi connectivity index (χ3n) is 4.49. The minimum absolute atomic E-state index is 0.582. The van der Waals surface area contributed by atoms with Crippen LogP contribution in [-0.2, 0) is 6.54 Å². The number of halogens is 3.